The molecule has 1 amide bonds. The number of nitrogens with zero attached hydrogens (tertiary/aromatic N) is 4. The first kappa shape index (κ1) is 21.1. The van der Waals surface area contributed by atoms with Crippen LogP contribution >= 0.6 is 0 Å². The first-order chi connectivity index (χ1) is 15.0. The predicted octanol–water partition coefficient (Wildman–Crippen LogP) is 2.06. The van der Waals surface area contributed by atoms with E-state index in [1.54, 1.807) is 17.9 Å². The van der Waals surface area contributed by atoms with Crippen LogP contribution in [0.5, 0.6) is 0 Å². The van der Waals surface area contributed by atoms with Crippen molar-refractivity contribution in [2.75, 3.05) is 0 Å². The zero-order valence-electron chi connectivity index (χ0n) is 18.1. The van der Waals surface area contributed by atoms with Crippen molar-refractivity contribution in [1.82, 2.24) is 24.0 Å². The normalized spacial score (nSPS) is 18.9. The lowest BCUT2D eigenvalue weighted by Gasteiger charge is -2.29. The summed E-state index contributed by atoms with van der Waals surface area (Å²) < 4.78 is 4.18. The van der Waals surface area contributed by atoms with Crippen LogP contribution in [0.4, 0.5) is 0 Å². The maximum atomic E-state index is 12.5. The summed E-state index contributed by atoms with van der Waals surface area (Å²) in [6.45, 7) is 0.498. The fourth-order valence-electron chi connectivity index (χ4n) is 4.57. The Morgan fingerprint density at radius 1 is 1.06 bits per heavy atom. The molecule has 0 bridgehead atoms. The number of hydrogen-bond donors (Lipinski definition) is 1. The van der Waals surface area contributed by atoms with Gasteiger partial charge >= 0.3 is 5.69 Å². The Morgan fingerprint density at radius 3 is 2.48 bits per heavy atom. The quantitative estimate of drug-likeness (QED) is 0.657. The van der Waals surface area contributed by atoms with Crippen LogP contribution in [0.25, 0.3) is 11.2 Å². The lowest BCUT2D eigenvalue weighted by atomic mass is 9.82. The standard InChI is InChI=1S/C23H29N5O3/c1-26-21-20(22(30)27(2)23(26)31)28(15-24-21)14-6-9-19(29)25-18-12-10-17(11-13-18)16-7-4-3-5-8-16/h3-5,7-8,15,17-18H,6,9-14H2,1-2H3,(H,25,29). The zero-order chi connectivity index (χ0) is 22.0. The molecule has 0 unspecified atom stereocenters. The average molecular weight is 424 g/mol. The van der Waals surface area contributed by atoms with Gasteiger partial charge in [-0.15, -0.1) is 0 Å². The summed E-state index contributed by atoms with van der Waals surface area (Å²) >= 11 is 0. The van der Waals surface area contributed by atoms with E-state index < -0.39 is 5.69 Å². The highest BCUT2D eigenvalue weighted by Gasteiger charge is 2.23. The number of benzene rings is 1. The van der Waals surface area contributed by atoms with Crippen LogP contribution in [0.2, 0.25) is 0 Å². The molecule has 0 atom stereocenters. The summed E-state index contributed by atoms with van der Waals surface area (Å²) in [6, 6.07) is 10.8. The SMILES string of the molecule is Cn1c(=O)c2c(ncn2CCCC(=O)NC2CCC(c3ccccc3)CC2)n(C)c1=O. The molecule has 164 valence electrons. The van der Waals surface area contributed by atoms with Crippen molar-refractivity contribution >= 4 is 17.1 Å². The molecular weight excluding hydrogens is 394 g/mol. The van der Waals surface area contributed by atoms with Crippen molar-refractivity contribution in [2.24, 2.45) is 14.1 Å². The van der Waals surface area contributed by atoms with Crippen molar-refractivity contribution < 1.29 is 4.79 Å². The molecule has 0 saturated heterocycles. The summed E-state index contributed by atoms with van der Waals surface area (Å²) in [4.78, 5) is 41.2. The minimum atomic E-state index is -0.399. The predicted molar refractivity (Wildman–Crippen MR) is 119 cm³/mol. The molecular formula is C23H29N5O3. The van der Waals surface area contributed by atoms with Gasteiger partial charge in [0, 0.05) is 33.1 Å². The lowest BCUT2D eigenvalue weighted by Crippen LogP contribution is -2.38. The Labute approximate surface area is 180 Å². The molecule has 1 aromatic carbocycles. The van der Waals surface area contributed by atoms with Crippen LogP contribution in [0.1, 0.15) is 50.0 Å². The van der Waals surface area contributed by atoms with Crippen LogP contribution < -0.4 is 16.6 Å². The third-order valence-electron chi connectivity index (χ3n) is 6.38. The number of nitrogens with one attached hydrogen (secondary N) is 1. The molecule has 3 aromatic rings. The molecule has 0 aliphatic heterocycles. The molecule has 8 nitrogen and oxygen atoms in total. The van der Waals surface area contributed by atoms with Gasteiger partial charge in [0.1, 0.15) is 0 Å². The fourth-order valence-corrected chi connectivity index (χ4v) is 4.57. The van der Waals surface area contributed by atoms with Gasteiger partial charge in [-0.2, -0.15) is 0 Å². The molecule has 1 aliphatic rings. The molecule has 8 heteroatoms. The first-order valence-electron chi connectivity index (χ1n) is 10.9. The van der Waals surface area contributed by atoms with Crippen molar-refractivity contribution in [3.63, 3.8) is 0 Å². The van der Waals surface area contributed by atoms with Crippen molar-refractivity contribution in [3.05, 3.63) is 63.1 Å². The highest BCUT2D eigenvalue weighted by molar-refractivity contribution is 5.76. The van der Waals surface area contributed by atoms with Gasteiger partial charge in [0.2, 0.25) is 5.91 Å². The summed E-state index contributed by atoms with van der Waals surface area (Å²) in [6.07, 6.45) is 6.75. The highest BCUT2D eigenvalue weighted by Crippen LogP contribution is 2.32. The largest absolute Gasteiger partial charge is 0.353 e. The average Bonchev–Trinajstić information content (AvgIpc) is 3.21. The third-order valence-corrected chi connectivity index (χ3v) is 6.38. The third kappa shape index (κ3) is 4.33. The number of imidazole rings is 1. The van der Waals surface area contributed by atoms with Crippen molar-refractivity contribution in [1.29, 1.82) is 0 Å². The summed E-state index contributed by atoms with van der Waals surface area (Å²) in [5, 5.41) is 3.17. The second-order valence-electron chi connectivity index (χ2n) is 8.45. The molecule has 0 spiro atoms. The van der Waals surface area contributed by atoms with E-state index in [1.807, 2.05) is 6.07 Å². The zero-order valence-corrected chi connectivity index (χ0v) is 18.1. The maximum Gasteiger partial charge on any atom is 0.332 e. The van der Waals surface area contributed by atoms with Gasteiger partial charge in [0.25, 0.3) is 5.56 Å². The Bertz CT molecular complexity index is 1180. The Balaban J connectivity index is 1.29. The van der Waals surface area contributed by atoms with Gasteiger partial charge in [-0.1, -0.05) is 30.3 Å². The van der Waals surface area contributed by atoms with Crippen LogP contribution in [-0.4, -0.2) is 30.6 Å². The van der Waals surface area contributed by atoms with Gasteiger partial charge in [0.05, 0.1) is 6.33 Å². The van der Waals surface area contributed by atoms with Crippen LogP contribution in [0.15, 0.2) is 46.2 Å². The van der Waals surface area contributed by atoms with Crippen molar-refractivity contribution in [2.45, 2.75) is 57.0 Å². The summed E-state index contributed by atoms with van der Waals surface area (Å²) in [5.74, 6) is 0.635. The molecule has 31 heavy (non-hydrogen) atoms. The fraction of sp³-hybridized carbons (Fsp3) is 0.478. The van der Waals surface area contributed by atoms with E-state index >= 15 is 0 Å². The van der Waals surface area contributed by atoms with Gasteiger partial charge in [-0.3, -0.25) is 18.7 Å². The number of carbonyl (C=O) groups is 1. The number of rotatable bonds is 6. The van der Waals surface area contributed by atoms with E-state index in [0.717, 1.165) is 30.3 Å². The molecule has 4 rings (SSSR count). The van der Waals surface area contributed by atoms with Gasteiger partial charge in [0.15, 0.2) is 11.2 Å². The van der Waals surface area contributed by atoms with Crippen LogP contribution in [-0.2, 0) is 25.4 Å². The van der Waals surface area contributed by atoms with E-state index in [0.29, 0.717) is 36.5 Å². The van der Waals surface area contributed by atoms with Crippen LogP contribution in [0, 0.1) is 0 Å². The van der Waals surface area contributed by atoms with E-state index in [4.69, 9.17) is 0 Å². The number of hydrogen-bond acceptors (Lipinski definition) is 4. The molecule has 1 N–H and O–H groups in total. The number of carbonyl (C=O) groups excluding carboxylic acids is 1. The maximum absolute atomic E-state index is 12.5. The second kappa shape index (κ2) is 8.91. The minimum Gasteiger partial charge on any atom is -0.353 e. The number of aromatic nitrogens is 4. The number of fused-ring (bicyclic) bond motifs is 1. The topological polar surface area (TPSA) is 90.9 Å². The minimum absolute atomic E-state index is 0.0490. The van der Waals surface area contributed by atoms with E-state index in [-0.39, 0.29) is 17.5 Å². The Morgan fingerprint density at radius 2 is 1.77 bits per heavy atom. The molecule has 2 aromatic heterocycles. The van der Waals surface area contributed by atoms with Gasteiger partial charge in [-0.25, -0.2) is 9.78 Å². The first-order valence-corrected chi connectivity index (χ1v) is 10.9. The smallest absolute Gasteiger partial charge is 0.332 e. The molecule has 2 heterocycles. The van der Waals surface area contributed by atoms with Gasteiger partial charge in [-0.05, 0) is 43.6 Å². The molecule has 1 aliphatic carbocycles. The second-order valence-corrected chi connectivity index (χ2v) is 8.45. The molecule has 1 saturated carbocycles. The van der Waals surface area contributed by atoms with Crippen LogP contribution in [0.3, 0.4) is 0 Å². The van der Waals surface area contributed by atoms with E-state index in [1.165, 1.54) is 17.2 Å². The number of amides is 1. The molecule has 0 radical (unpaired) electrons. The molecule has 1 fully saturated rings. The van der Waals surface area contributed by atoms with Gasteiger partial charge < -0.3 is 9.88 Å². The van der Waals surface area contributed by atoms with E-state index in [2.05, 4.69) is 34.6 Å². The van der Waals surface area contributed by atoms with E-state index in [9.17, 15) is 14.4 Å². The summed E-state index contributed by atoms with van der Waals surface area (Å²) in [5.41, 5.74) is 1.39. The monoisotopic (exact) mass is 423 g/mol. The summed E-state index contributed by atoms with van der Waals surface area (Å²) in [7, 11) is 3.06. The Kier molecular flexibility index (Phi) is 6.06. The Hall–Kier alpha value is -3.16. The lowest BCUT2D eigenvalue weighted by molar-refractivity contribution is -0.122. The number of aryl methyl sites for hydroxylation is 2. The highest BCUT2D eigenvalue weighted by atomic mass is 16.2. The van der Waals surface area contributed by atoms with Crippen molar-refractivity contribution in [3.8, 4) is 0 Å².